The number of likely N-dealkylation sites (N-methyl/N-ethyl adjacent to an activating group) is 1. The normalized spacial score (nSPS) is 20.9. The summed E-state index contributed by atoms with van der Waals surface area (Å²) in [6, 6.07) is 0. The molecule has 2 saturated heterocycles. The van der Waals surface area contributed by atoms with Crippen LogP contribution in [0.4, 0.5) is 0 Å². The van der Waals surface area contributed by atoms with Gasteiger partial charge < -0.3 is 29.3 Å². The molecule has 1 atom stereocenters. The highest BCUT2D eigenvalue weighted by Gasteiger charge is 2.23. The summed E-state index contributed by atoms with van der Waals surface area (Å²) in [6.45, 7) is 4.97. The lowest BCUT2D eigenvalue weighted by molar-refractivity contribution is -0.127. The average Bonchev–Trinajstić information content (AvgIpc) is 2.72. The van der Waals surface area contributed by atoms with Gasteiger partial charge in [0.1, 0.15) is 6.54 Å². The molecule has 0 spiro atoms. The summed E-state index contributed by atoms with van der Waals surface area (Å²) >= 11 is 0. The predicted octanol–water partition coefficient (Wildman–Crippen LogP) is 1.72. The molecule has 1 N–H and O–H groups in total. The van der Waals surface area contributed by atoms with Gasteiger partial charge in [-0.2, -0.15) is 0 Å². The molecule has 8 nitrogen and oxygen atoms in total. The van der Waals surface area contributed by atoms with E-state index in [1.165, 1.54) is 6.42 Å². The van der Waals surface area contributed by atoms with Crippen LogP contribution in [0.2, 0.25) is 0 Å². The van der Waals surface area contributed by atoms with E-state index in [0.717, 1.165) is 77.5 Å². The fourth-order valence-electron chi connectivity index (χ4n) is 3.41. The summed E-state index contributed by atoms with van der Waals surface area (Å²) in [7, 11) is 5.23. The molecule has 0 saturated carbocycles. The summed E-state index contributed by atoms with van der Waals surface area (Å²) in [5.41, 5.74) is 0. The van der Waals surface area contributed by atoms with Crippen molar-refractivity contribution in [2.45, 2.75) is 50.7 Å². The van der Waals surface area contributed by atoms with E-state index >= 15 is 0 Å². The minimum atomic E-state index is 0. The lowest BCUT2D eigenvalue weighted by Gasteiger charge is -2.35. The van der Waals surface area contributed by atoms with Gasteiger partial charge in [0, 0.05) is 60.7 Å². The SMILES string of the molecule is COCCCOC1CCN(C(=NCC(=O)N(C)C)NCC2CCCCO2)CC1.I. The molecule has 2 aliphatic heterocycles. The minimum Gasteiger partial charge on any atom is -0.385 e. The molecule has 2 fully saturated rings. The monoisotopic (exact) mass is 526 g/mol. The van der Waals surface area contributed by atoms with Gasteiger partial charge in [-0.15, -0.1) is 24.0 Å². The first-order chi connectivity index (χ1) is 13.6. The number of aliphatic imine (C=N–C) groups is 1. The van der Waals surface area contributed by atoms with Gasteiger partial charge in [0.2, 0.25) is 5.91 Å². The Hall–Kier alpha value is -0.650. The second-order valence-electron chi connectivity index (χ2n) is 7.70. The summed E-state index contributed by atoms with van der Waals surface area (Å²) in [5.74, 6) is 0.812. The second-order valence-corrected chi connectivity index (χ2v) is 7.70. The molecule has 0 aromatic heterocycles. The molecule has 1 amide bonds. The Morgan fingerprint density at radius 3 is 2.59 bits per heavy atom. The third-order valence-corrected chi connectivity index (χ3v) is 5.21. The van der Waals surface area contributed by atoms with E-state index in [1.807, 2.05) is 0 Å². The summed E-state index contributed by atoms with van der Waals surface area (Å²) in [6.07, 6.45) is 6.82. The van der Waals surface area contributed by atoms with Crippen LogP contribution in [0.15, 0.2) is 4.99 Å². The minimum absolute atomic E-state index is 0. The van der Waals surface area contributed by atoms with Crippen molar-refractivity contribution in [2.24, 2.45) is 4.99 Å². The Bertz CT molecular complexity index is 479. The third kappa shape index (κ3) is 10.3. The number of rotatable bonds is 9. The van der Waals surface area contributed by atoms with Gasteiger partial charge in [-0.1, -0.05) is 0 Å². The van der Waals surface area contributed by atoms with E-state index in [9.17, 15) is 4.79 Å². The number of likely N-dealkylation sites (tertiary alicyclic amines) is 1. The Kier molecular flexibility index (Phi) is 13.8. The molecular weight excluding hydrogens is 487 g/mol. The van der Waals surface area contributed by atoms with Crippen LogP contribution in [-0.4, -0.2) is 101 Å². The first kappa shape index (κ1) is 26.4. The Balaban J connectivity index is 0.00000420. The number of nitrogens with one attached hydrogen (secondary N) is 1. The highest BCUT2D eigenvalue weighted by Crippen LogP contribution is 2.15. The highest BCUT2D eigenvalue weighted by atomic mass is 127. The maximum absolute atomic E-state index is 12.0. The average molecular weight is 526 g/mol. The fraction of sp³-hybridized carbons (Fsp3) is 0.900. The quantitative estimate of drug-likeness (QED) is 0.214. The van der Waals surface area contributed by atoms with E-state index in [0.29, 0.717) is 6.10 Å². The molecule has 9 heteroatoms. The van der Waals surface area contributed by atoms with Crippen molar-refractivity contribution in [3.05, 3.63) is 0 Å². The number of nitrogens with zero attached hydrogens (tertiary/aromatic N) is 3. The Morgan fingerprint density at radius 1 is 1.21 bits per heavy atom. The van der Waals surface area contributed by atoms with Gasteiger partial charge in [-0.05, 0) is 38.5 Å². The molecular formula is C20H39IN4O4. The van der Waals surface area contributed by atoms with Crippen molar-refractivity contribution < 1.29 is 19.0 Å². The van der Waals surface area contributed by atoms with Crippen molar-refractivity contribution >= 4 is 35.8 Å². The molecule has 0 radical (unpaired) electrons. The van der Waals surface area contributed by atoms with Gasteiger partial charge in [-0.25, -0.2) is 4.99 Å². The van der Waals surface area contributed by atoms with Crippen LogP contribution < -0.4 is 5.32 Å². The zero-order chi connectivity index (χ0) is 20.2. The van der Waals surface area contributed by atoms with Crippen LogP contribution in [-0.2, 0) is 19.0 Å². The number of hydrogen-bond donors (Lipinski definition) is 1. The van der Waals surface area contributed by atoms with Gasteiger partial charge in [0.15, 0.2) is 5.96 Å². The molecule has 170 valence electrons. The lowest BCUT2D eigenvalue weighted by atomic mass is 10.1. The summed E-state index contributed by atoms with van der Waals surface area (Å²) in [4.78, 5) is 20.4. The smallest absolute Gasteiger partial charge is 0.243 e. The van der Waals surface area contributed by atoms with Crippen LogP contribution in [0.3, 0.4) is 0 Å². The van der Waals surface area contributed by atoms with Crippen LogP contribution in [0.5, 0.6) is 0 Å². The number of ether oxygens (including phenoxy) is 3. The number of amides is 1. The Morgan fingerprint density at radius 2 is 1.97 bits per heavy atom. The topological polar surface area (TPSA) is 75.6 Å². The van der Waals surface area contributed by atoms with Crippen molar-refractivity contribution in [1.82, 2.24) is 15.1 Å². The summed E-state index contributed by atoms with van der Waals surface area (Å²) < 4.78 is 16.8. The van der Waals surface area contributed by atoms with Crippen molar-refractivity contribution in [3.63, 3.8) is 0 Å². The number of methoxy groups -OCH3 is 1. The van der Waals surface area contributed by atoms with E-state index in [4.69, 9.17) is 14.2 Å². The van der Waals surface area contributed by atoms with E-state index in [2.05, 4.69) is 15.2 Å². The van der Waals surface area contributed by atoms with Crippen LogP contribution in [0.1, 0.15) is 38.5 Å². The van der Waals surface area contributed by atoms with Gasteiger partial charge in [-0.3, -0.25) is 4.79 Å². The molecule has 29 heavy (non-hydrogen) atoms. The molecule has 0 bridgehead atoms. The van der Waals surface area contributed by atoms with E-state index in [1.54, 1.807) is 26.1 Å². The maximum Gasteiger partial charge on any atom is 0.243 e. The second kappa shape index (κ2) is 15.2. The molecule has 1 unspecified atom stereocenters. The van der Waals surface area contributed by atoms with E-state index in [-0.39, 0.29) is 42.5 Å². The number of carbonyl (C=O) groups is 1. The zero-order valence-electron chi connectivity index (χ0n) is 18.2. The van der Waals surface area contributed by atoms with Crippen LogP contribution >= 0.6 is 24.0 Å². The van der Waals surface area contributed by atoms with Gasteiger partial charge >= 0.3 is 0 Å². The van der Waals surface area contributed by atoms with Crippen LogP contribution in [0.25, 0.3) is 0 Å². The largest absolute Gasteiger partial charge is 0.385 e. The van der Waals surface area contributed by atoms with Crippen molar-refractivity contribution in [2.75, 3.05) is 67.2 Å². The summed E-state index contributed by atoms with van der Waals surface area (Å²) in [5, 5.41) is 3.45. The Labute approximate surface area is 192 Å². The standard InChI is InChI=1S/C20H38N4O4.HI/c1-23(2)19(25)16-22-20(21-15-18-7-4-5-13-28-18)24-10-8-17(9-11-24)27-14-6-12-26-3;/h17-18H,4-16H2,1-3H3,(H,21,22);1H. The zero-order valence-corrected chi connectivity index (χ0v) is 20.6. The molecule has 2 heterocycles. The van der Waals surface area contributed by atoms with Crippen molar-refractivity contribution in [3.8, 4) is 0 Å². The lowest BCUT2D eigenvalue weighted by Crippen LogP contribution is -2.49. The molecule has 0 aromatic rings. The van der Waals surface area contributed by atoms with E-state index < -0.39 is 0 Å². The van der Waals surface area contributed by atoms with Gasteiger partial charge in [0.25, 0.3) is 0 Å². The number of hydrogen-bond acceptors (Lipinski definition) is 5. The number of carbonyl (C=O) groups excluding carboxylic acids is 1. The number of halogens is 1. The predicted molar refractivity (Wildman–Crippen MR) is 125 cm³/mol. The third-order valence-electron chi connectivity index (χ3n) is 5.21. The molecule has 0 aliphatic carbocycles. The number of piperidine rings is 1. The first-order valence-corrected chi connectivity index (χ1v) is 10.6. The first-order valence-electron chi connectivity index (χ1n) is 10.6. The molecule has 2 rings (SSSR count). The number of guanidine groups is 1. The highest BCUT2D eigenvalue weighted by molar-refractivity contribution is 14.0. The fourth-order valence-corrected chi connectivity index (χ4v) is 3.41. The maximum atomic E-state index is 12.0. The van der Waals surface area contributed by atoms with Crippen molar-refractivity contribution in [1.29, 1.82) is 0 Å². The van der Waals surface area contributed by atoms with Gasteiger partial charge in [0.05, 0.1) is 12.2 Å². The van der Waals surface area contributed by atoms with Crippen LogP contribution in [0, 0.1) is 0 Å². The molecule has 0 aromatic carbocycles. The molecule has 2 aliphatic rings.